The number of halogens is 2. The van der Waals surface area contributed by atoms with E-state index in [1.807, 2.05) is 0 Å². The average molecular weight is 325 g/mol. The Balaban J connectivity index is 1.92. The third-order valence-corrected chi connectivity index (χ3v) is 2.98. The maximum Gasteiger partial charge on any atom is 0.271 e. The third kappa shape index (κ3) is 4.37. The molecule has 2 N–H and O–H groups in total. The lowest BCUT2D eigenvalue weighted by Crippen LogP contribution is -2.40. The molecule has 0 aliphatic carbocycles. The predicted octanol–water partition coefficient (Wildman–Crippen LogP) is 3.06. The summed E-state index contributed by atoms with van der Waals surface area (Å²) in [5, 5.41) is 0.603. The summed E-state index contributed by atoms with van der Waals surface area (Å²) < 4.78 is 5.02. The second-order valence-electron chi connectivity index (χ2n) is 3.92. The van der Waals surface area contributed by atoms with Crippen molar-refractivity contribution in [3.63, 3.8) is 0 Å². The Morgan fingerprint density at radius 3 is 2.67 bits per heavy atom. The highest BCUT2D eigenvalue weighted by molar-refractivity contribution is 6.35. The number of nitrogens with one attached hydrogen (secondary N) is 2. The van der Waals surface area contributed by atoms with Crippen molar-refractivity contribution in [1.29, 1.82) is 0 Å². The van der Waals surface area contributed by atoms with Gasteiger partial charge >= 0.3 is 0 Å². The Bertz CT molecular complexity index is 682. The van der Waals surface area contributed by atoms with E-state index in [4.69, 9.17) is 27.6 Å². The Morgan fingerprint density at radius 1 is 1.14 bits per heavy atom. The van der Waals surface area contributed by atoms with Crippen molar-refractivity contribution in [2.45, 2.75) is 0 Å². The molecule has 1 heterocycles. The van der Waals surface area contributed by atoms with Crippen molar-refractivity contribution in [3.05, 3.63) is 64.0 Å². The van der Waals surface area contributed by atoms with Crippen molar-refractivity contribution < 1.29 is 14.0 Å². The fourth-order valence-electron chi connectivity index (χ4n) is 1.44. The molecular formula is C14H10Cl2N2O3. The molecule has 2 amide bonds. The molecule has 0 saturated heterocycles. The smallest absolute Gasteiger partial charge is 0.271 e. The zero-order valence-electron chi connectivity index (χ0n) is 10.6. The van der Waals surface area contributed by atoms with Crippen molar-refractivity contribution in [2.75, 3.05) is 0 Å². The van der Waals surface area contributed by atoms with Gasteiger partial charge in [-0.3, -0.25) is 20.4 Å². The van der Waals surface area contributed by atoms with Crippen molar-refractivity contribution in [3.8, 4) is 0 Å². The molecule has 0 bridgehead atoms. The van der Waals surface area contributed by atoms with Crippen molar-refractivity contribution in [1.82, 2.24) is 10.9 Å². The van der Waals surface area contributed by atoms with Gasteiger partial charge in [-0.15, -0.1) is 0 Å². The topological polar surface area (TPSA) is 71.3 Å². The molecular weight excluding hydrogens is 315 g/mol. The standard InChI is InChI=1S/C14H10Cl2N2O3/c15-9-3-5-12(16)11(8-9)14(20)18-17-13(19)6-4-10-2-1-7-21-10/h1-8H,(H,17,19)(H,18,20)/b6-4+. The van der Waals surface area contributed by atoms with Crippen LogP contribution in [0.3, 0.4) is 0 Å². The van der Waals surface area contributed by atoms with Crippen LogP contribution in [0.25, 0.3) is 6.08 Å². The van der Waals surface area contributed by atoms with Gasteiger partial charge in [0, 0.05) is 11.1 Å². The molecule has 0 saturated carbocycles. The molecule has 0 fully saturated rings. The Kier molecular flexibility index (Phi) is 5.03. The fraction of sp³-hybridized carbons (Fsp3) is 0. The quantitative estimate of drug-likeness (QED) is 0.673. The van der Waals surface area contributed by atoms with Gasteiger partial charge in [0.25, 0.3) is 11.8 Å². The summed E-state index contributed by atoms with van der Waals surface area (Å²) in [7, 11) is 0. The van der Waals surface area contributed by atoms with E-state index < -0.39 is 11.8 Å². The van der Waals surface area contributed by atoms with Crippen LogP contribution in [0.5, 0.6) is 0 Å². The number of carbonyl (C=O) groups excluding carboxylic acids is 2. The molecule has 1 aromatic heterocycles. The zero-order chi connectivity index (χ0) is 15.2. The van der Waals surface area contributed by atoms with E-state index in [1.54, 1.807) is 18.2 Å². The lowest BCUT2D eigenvalue weighted by atomic mass is 10.2. The van der Waals surface area contributed by atoms with Crippen LogP contribution < -0.4 is 10.9 Å². The first-order valence-electron chi connectivity index (χ1n) is 5.83. The zero-order valence-corrected chi connectivity index (χ0v) is 12.1. The molecule has 0 atom stereocenters. The van der Waals surface area contributed by atoms with E-state index in [9.17, 15) is 9.59 Å². The number of furan rings is 1. The minimum atomic E-state index is -0.567. The predicted molar refractivity (Wildman–Crippen MR) is 79.8 cm³/mol. The van der Waals surface area contributed by atoms with Gasteiger partial charge in [0.05, 0.1) is 16.8 Å². The Morgan fingerprint density at radius 2 is 1.95 bits per heavy atom. The molecule has 0 unspecified atom stereocenters. The first-order valence-corrected chi connectivity index (χ1v) is 6.59. The van der Waals surface area contributed by atoms with E-state index >= 15 is 0 Å². The second-order valence-corrected chi connectivity index (χ2v) is 4.76. The monoisotopic (exact) mass is 324 g/mol. The maximum atomic E-state index is 11.8. The van der Waals surface area contributed by atoms with E-state index in [2.05, 4.69) is 10.9 Å². The first-order chi connectivity index (χ1) is 10.1. The number of carbonyl (C=O) groups is 2. The highest BCUT2D eigenvalue weighted by Gasteiger charge is 2.11. The number of rotatable bonds is 3. The van der Waals surface area contributed by atoms with Gasteiger partial charge in [-0.1, -0.05) is 23.2 Å². The molecule has 2 aromatic rings. The lowest BCUT2D eigenvalue weighted by Gasteiger charge is -2.07. The van der Waals surface area contributed by atoms with Gasteiger partial charge in [-0.05, 0) is 36.4 Å². The number of hydrogen-bond donors (Lipinski definition) is 2. The molecule has 108 valence electrons. The summed E-state index contributed by atoms with van der Waals surface area (Å²) in [6, 6.07) is 7.85. The van der Waals surface area contributed by atoms with E-state index in [-0.39, 0.29) is 10.6 Å². The number of amides is 2. The molecule has 0 radical (unpaired) electrons. The third-order valence-electron chi connectivity index (χ3n) is 2.41. The molecule has 0 aliphatic rings. The second kappa shape index (κ2) is 6.97. The molecule has 7 heteroatoms. The van der Waals surface area contributed by atoms with Gasteiger partial charge in [-0.2, -0.15) is 0 Å². The Labute approximate surface area is 130 Å². The largest absolute Gasteiger partial charge is 0.465 e. The summed E-state index contributed by atoms with van der Waals surface area (Å²) >= 11 is 11.7. The van der Waals surface area contributed by atoms with Gasteiger partial charge in [-0.25, -0.2) is 0 Å². The summed E-state index contributed by atoms with van der Waals surface area (Å²) in [6.07, 6.45) is 4.17. The summed E-state index contributed by atoms with van der Waals surface area (Å²) in [4.78, 5) is 23.4. The van der Waals surface area contributed by atoms with Crippen molar-refractivity contribution in [2.24, 2.45) is 0 Å². The SMILES string of the molecule is O=C(/C=C/c1ccco1)NNC(=O)c1cc(Cl)ccc1Cl. The first kappa shape index (κ1) is 15.2. The van der Waals surface area contributed by atoms with Gasteiger partial charge < -0.3 is 4.42 Å². The molecule has 21 heavy (non-hydrogen) atoms. The lowest BCUT2D eigenvalue weighted by molar-refractivity contribution is -0.117. The fourth-order valence-corrected chi connectivity index (χ4v) is 1.82. The van der Waals surface area contributed by atoms with Gasteiger partial charge in [0.1, 0.15) is 5.76 Å². The van der Waals surface area contributed by atoms with Crippen LogP contribution in [0.4, 0.5) is 0 Å². The van der Waals surface area contributed by atoms with Crippen LogP contribution in [0, 0.1) is 0 Å². The molecule has 2 rings (SSSR count). The number of benzene rings is 1. The average Bonchev–Trinajstić information content (AvgIpc) is 2.98. The van der Waals surface area contributed by atoms with E-state index in [0.717, 1.165) is 0 Å². The minimum absolute atomic E-state index is 0.166. The van der Waals surface area contributed by atoms with Gasteiger partial charge in [0.15, 0.2) is 0 Å². The minimum Gasteiger partial charge on any atom is -0.465 e. The molecule has 1 aromatic carbocycles. The Hall–Kier alpha value is -2.24. The molecule has 0 spiro atoms. The van der Waals surface area contributed by atoms with Crippen LogP contribution in [0.1, 0.15) is 16.1 Å². The van der Waals surface area contributed by atoms with Crippen molar-refractivity contribution >= 4 is 41.1 Å². The number of hydrogen-bond acceptors (Lipinski definition) is 3. The van der Waals surface area contributed by atoms with Crippen LogP contribution in [-0.2, 0) is 4.79 Å². The van der Waals surface area contributed by atoms with Gasteiger partial charge in [0.2, 0.25) is 0 Å². The molecule has 5 nitrogen and oxygen atoms in total. The highest BCUT2D eigenvalue weighted by atomic mass is 35.5. The molecule has 0 aliphatic heterocycles. The van der Waals surface area contributed by atoms with Crippen LogP contribution >= 0.6 is 23.2 Å². The number of hydrazine groups is 1. The van der Waals surface area contributed by atoms with Crippen LogP contribution in [-0.4, -0.2) is 11.8 Å². The normalized spacial score (nSPS) is 10.6. The summed E-state index contributed by atoms with van der Waals surface area (Å²) in [5.41, 5.74) is 4.62. The van der Waals surface area contributed by atoms with E-state index in [0.29, 0.717) is 10.8 Å². The van der Waals surface area contributed by atoms with Crippen LogP contribution in [0.15, 0.2) is 47.1 Å². The summed E-state index contributed by atoms with van der Waals surface area (Å²) in [6.45, 7) is 0. The maximum absolute atomic E-state index is 11.8. The highest BCUT2D eigenvalue weighted by Crippen LogP contribution is 2.20. The summed E-state index contributed by atoms with van der Waals surface area (Å²) in [5.74, 6) is -0.561. The van der Waals surface area contributed by atoms with E-state index in [1.165, 1.54) is 30.5 Å². The van der Waals surface area contributed by atoms with Crippen LogP contribution in [0.2, 0.25) is 10.0 Å².